The number of carbonyl (C=O) groups is 1. The number of hydrogen-bond acceptors (Lipinski definition) is 2. The number of carbonyl (C=O) groups excluding carboxylic acids is 1. The molecule has 1 aromatic rings. The fourth-order valence-electron chi connectivity index (χ4n) is 2.50. The Morgan fingerprint density at radius 3 is 2.30 bits per heavy atom. The highest BCUT2D eigenvalue weighted by molar-refractivity contribution is 5.79. The molecule has 0 aliphatic heterocycles. The Labute approximate surface area is 177 Å². The average molecular weight is 422 g/mol. The van der Waals surface area contributed by atoms with E-state index in [-0.39, 0.29) is 36.8 Å². The van der Waals surface area contributed by atoms with Gasteiger partial charge in [0.25, 0.3) is 0 Å². The van der Waals surface area contributed by atoms with Crippen LogP contribution in [0, 0.1) is 0 Å². The number of hydrogen-bond donors (Lipinski definition) is 1. The molecule has 0 radical (unpaired) electrons. The quantitative estimate of drug-likeness (QED) is 0.214. The molecule has 0 saturated heterocycles. The van der Waals surface area contributed by atoms with E-state index >= 15 is 0 Å². The minimum Gasteiger partial charge on any atom is -1.00 e. The molecule has 0 spiro atoms. The zero-order chi connectivity index (χ0) is 18.7. The minimum absolute atomic E-state index is 0. The molecule has 0 aliphatic carbocycles. The molecule has 0 saturated carbocycles. The van der Waals surface area contributed by atoms with Gasteiger partial charge in [0.2, 0.25) is 0 Å². The summed E-state index contributed by atoms with van der Waals surface area (Å²) in [6.07, 6.45) is 5.46. The lowest BCUT2D eigenvalue weighted by Gasteiger charge is -2.29. The number of likely N-dealkylation sites (N-methyl/N-ethyl adjacent to an activating group) is 1. The van der Waals surface area contributed by atoms with Gasteiger partial charge in [0.1, 0.15) is 6.61 Å². The second-order valence-corrected chi connectivity index (χ2v) is 7.76. The number of quaternary nitrogens is 2. The van der Waals surface area contributed by atoms with Gasteiger partial charge in [-0.15, -0.1) is 0 Å². The van der Waals surface area contributed by atoms with Crippen molar-refractivity contribution in [2.24, 2.45) is 0 Å². The molecular weight excluding hydrogens is 385 g/mol. The van der Waals surface area contributed by atoms with Crippen molar-refractivity contribution in [2.45, 2.75) is 51.7 Å². The average Bonchev–Trinajstić information content (AvgIpc) is 2.58. The third-order valence-corrected chi connectivity index (χ3v) is 4.20. The van der Waals surface area contributed by atoms with Crippen molar-refractivity contribution in [1.29, 1.82) is 0 Å². The normalized spacial score (nSPS) is 11.9. The van der Waals surface area contributed by atoms with Crippen LogP contribution in [0.3, 0.4) is 0 Å². The lowest BCUT2D eigenvalue weighted by molar-refractivity contribution is -0.870. The van der Waals surface area contributed by atoms with Crippen molar-refractivity contribution in [3.05, 3.63) is 35.9 Å². The highest BCUT2D eigenvalue weighted by Crippen LogP contribution is 2.09. The Hall–Kier alpha value is -0.850. The van der Waals surface area contributed by atoms with Gasteiger partial charge in [-0.05, 0) is 12.0 Å². The summed E-state index contributed by atoms with van der Waals surface area (Å²) in [7, 11) is 6.35. The van der Waals surface area contributed by atoms with Gasteiger partial charge < -0.3 is 35.0 Å². The summed E-state index contributed by atoms with van der Waals surface area (Å²) in [5.74, 6) is 0.000814. The molecule has 1 rings (SSSR count). The monoisotopic (exact) mass is 421 g/mol. The molecule has 1 amide bonds. The summed E-state index contributed by atoms with van der Waals surface area (Å²) in [6, 6.07) is 9.72. The first kappa shape index (κ1) is 28.4. The van der Waals surface area contributed by atoms with Crippen molar-refractivity contribution >= 4 is 5.91 Å². The van der Waals surface area contributed by atoms with E-state index in [0.717, 1.165) is 29.4 Å². The summed E-state index contributed by atoms with van der Waals surface area (Å²) in [4.78, 5) is 18.6. The Bertz CT molecular complexity index is 496. The zero-order valence-corrected chi connectivity index (χ0v) is 18.8. The predicted octanol–water partition coefficient (Wildman–Crippen LogP) is -3.76. The van der Waals surface area contributed by atoms with Crippen LogP contribution in [0.1, 0.15) is 44.6 Å². The van der Waals surface area contributed by atoms with Gasteiger partial charge >= 0.3 is 5.91 Å². The van der Waals surface area contributed by atoms with Crippen LogP contribution in [0.2, 0.25) is 0 Å². The molecule has 5 nitrogen and oxygen atoms in total. The van der Waals surface area contributed by atoms with Gasteiger partial charge in [-0.2, -0.15) is 0 Å². The molecule has 3 N–H and O–H groups in total. The topological polar surface area (TPSA) is 57.2 Å². The first-order valence-corrected chi connectivity index (χ1v) is 9.45. The molecule has 0 aromatic heterocycles. The van der Waals surface area contributed by atoms with Crippen molar-refractivity contribution in [1.82, 2.24) is 5.06 Å². The third kappa shape index (κ3) is 13.0. The number of benzene rings is 1. The van der Waals surface area contributed by atoms with E-state index in [4.69, 9.17) is 4.84 Å². The SMILES string of the molecule is CCCCCCC([NH3+])C(=O)N(CC[N+](C)(C)C)OCc1ccccc1.[Cl-].[Cl-]. The van der Waals surface area contributed by atoms with E-state index in [1.165, 1.54) is 24.3 Å². The maximum Gasteiger partial charge on any atom is 0.304 e. The molecule has 0 fully saturated rings. The maximum absolute atomic E-state index is 12.8. The lowest BCUT2D eigenvalue weighted by atomic mass is 10.1. The summed E-state index contributed by atoms with van der Waals surface area (Å²) >= 11 is 0. The van der Waals surface area contributed by atoms with E-state index in [0.29, 0.717) is 13.2 Å². The van der Waals surface area contributed by atoms with Crippen LogP contribution >= 0.6 is 0 Å². The second-order valence-electron chi connectivity index (χ2n) is 7.76. The maximum atomic E-state index is 12.8. The van der Waals surface area contributed by atoms with Crippen LogP contribution < -0.4 is 30.5 Å². The van der Waals surface area contributed by atoms with Crippen LogP contribution in [-0.2, 0) is 16.2 Å². The summed E-state index contributed by atoms with van der Waals surface area (Å²) in [5.41, 5.74) is 5.14. The van der Waals surface area contributed by atoms with E-state index in [1.807, 2.05) is 30.3 Å². The summed E-state index contributed by atoms with van der Waals surface area (Å²) in [5, 5.41) is 1.54. The van der Waals surface area contributed by atoms with Crippen LogP contribution in [0.15, 0.2) is 30.3 Å². The van der Waals surface area contributed by atoms with Gasteiger partial charge in [-0.1, -0.05) is 56.5 Å². The Kier molecular flexibility index (Phi) is 15.9. The van der Waals surface area contributed by atoms with Crippen molar-refractivity contribution in [2.75, 3.05) is 34.2 Å². The number of hydroxylamine groups is 2. The predicted molar refractivity (Wildman–Crippen MR) is 101 cm³/mol. The smallest absolute Gasteiger partial charge is 0.304 e. The Morgan fingerprint density at radius 1 is 1.11 bits per heavy atom. The second kappa shape index (κ2) is 15.1. The third-order valence-electron chi connectivity index (χ3n) is 4.20. The molecular formula is C20H37Cl2N3O2. The van der Waals surface area contributed by atoms with Gasteiger partial charge in [-0.3, -0.25) is 9.63 Å². The van der Waals surface area contributed by atoms with Gasteiger partial charge in [0, 0.05) is 6.42 Å². The van der Waals surface area contributed by atoms with Gasteiger partial charge in [-0.25, -0.2) is 5.06 Å². The highest BCUT2D eigenvalue weighted by atomic mass is 35.5. The number of unbranched alkanes of at least 4 members (excludes halogenated alkanes) is 3. The van der Waals surface area contributed by atoms with Crippen LogP contribution in [0.4, 0.5) is 0 Å². The van der Waals surface area contributed by atoms with Crippen molar-refractivity contribution in [3.63, 3.8) is 0 Å². The van der Waals surface area contributed by atoms with Crippen molar-refractivity contribution in [3.8, 4) is 0 Å². The van der Waals surface area contributed by atoms with E-state index < -0.39 is 0 Å². The Balaban J connectivity index is 0. The lowest BCUT2D eigenvalue weighted by Crippen LogP contribution is -3.00. The number of rotatable bonds is 12. The van der Waals surface area contributed by atoms with Gasteiger partial charge in [0.05, 0.1) is 34.2 Å². The zero-order valence-electron chi connectivity index (χ0n) is 17.3. The van der Waals surface area contributed by atoms with E-state index in [2.05, 4.69) is 33.8 Å². The van der Waals surface area contributed by atoms with Crippen molar-refractivity contribution < 1.29 is 44.7 Å². The fraction of sp³-hybridized carbons (Fsp3) is 0.650. The summed E-state index contributed by atoms with van der Waals surface area (Å²) < 4.78 is 0.788. The molecule has 158 valence electrons. The van der Waals surface area contributed by atoms with Crippen LogP contribution in [-0.4, -0.2) is 55.7 Å². The van der Waals surface area contributed by atoms with E-state index in [9.17, 15) is 4.79 Å². The molecule has 1 unspecified atom stereocenters. The summed E-state index contributed by atoms with van der Waals surface area (Å²) in [6.45, 7) is 4.02. The molecule has 1 aromatic carbocycles. The highest BCUT2D eigenvalue weighted by Gasteiger charge is 2.26. The minimum atomic E-state index is -0.236. The van der Waals surface area contributed by atoms with Crippen LogP contribution in [0.5, 0.6) is 0 Å². The molecule has 27 heavy (non-hydrogen) atoms. The van der Waals surface area contributed by atoms with E-state index in [1.54, 1.807) is 0 Å². The first-order chi connectivity index (χ1) is 11.8. The number of halogens is 2. The van der Waals surface area contributed by atoms with Gasteiger partial charge in [0.15, 0.2) is 6.04 Å². The molecule has 0 heterocycles. The standard InChI is InChI=1S/C20H36N3O2.2ClH/c1-5-6-7-11-14-19(21)20(24)22(15-16-23(2,3)4)25-17-18-12-9-8-10-13-18;;/h8-10,12-13,19H,5-7,11,14-17,21H2,1-4H3;2*1H/q+1;;/p-1. The molecule has 0 aliphatic rings. The molecule has 7 heteroatoms. The number of nitrogens with zero attached hydrogens (tertiary/aromatic N) is 2. The molecule has 1 atom stereocenters. The fourth-order valence-corrected chi connectivity index (χ4v) is 2.50. The first-order valence-electron chi connectivity index (χ1n) is 9.45. The largest absolute Gasteiger partial charge is 1.00 e. The van der Waals surface area contributed by atoms with Crippen LogP contribution in [0.25, 0.3) is 0 Å². The molecule has 0 bridgehead atoms. The Morgan fingerprint density at radius 2 is 1.74 bits per heavy atom. The number of amides is 1.